The van der Waals surface area contributed by atoms with Crippen molar-refractivity contribution in [3.63, 3.8) is 0 Å². The maximum atomic E-state index is 13.3. The molecule has 0 aliphatic heterocycles. The summed E-state index contributed by atoms with van der Waals surface area (Å²) in [7, 11) is 0. The predicted molar refractivity (Wildman–Crippen MR) is 108 cm³/mol. The number of nitrogens with zero attached hydrogens (tertiary/aromatic N) is 2. The van der Waals surface area contributed by atoms with Crippen molar-refractivity contribution in [3.05, 3.63) is 76.8 Å². The van der Waals surface area contributed by atoms with Crippen LogP contribution in [0.1, 0.15) is 24.1 Å². The molecule has 3 N–H and O–H groups in total. The molecular formula is C21H22ClFN4. The minimum absolute atomic E-state index is 0.248. The number of anilines is 1. The van der Waals surface area contributed by atoms with Gasteiger partial charge in [-0.2, -0.15) is 0 Å². The van der Waals surface area contributed by atoms with Crippen LogP contribution in [0.3, 0.4) is 0 Å². The fraction of sp³-hybridized carbons (Fsp3) is 0.238. The zero-order chi connectivity index (χ0) is 19.1. The van der Waals surface area contributed by atoms with E-state index in [4.69, 9.17) is 17.3 Å². The lowest BCUT2D eigenvalue weighted by Crippen LogP contribution is -2.02. The summed E-state index contributed by atoms with van der Waals surface area (Å²) in [5.41, 5.74) is 9.00. The van der Waals surface area contributed by atoms with Gasteiger partial charge in [0.05, 0.1) is 10.7 Å². The highest BCUT2D eigenvalue weighted by Crippen LogP contribution is 2.27. The van der Waals surface area contributed by atoms with Crippen LogP contribution in [0.15, 0.2) is 54.7 Å². The number of aryl methyl sites for hydroxylation is 1. The van der Waals surface area contributed by atoms with Crippen molar-refractivity contribution < 1.29 is 4.39 Å². The largest absolute Gasteiger partial charge is 0.366 e. The molecule has 2 heterocycles. The van der Waals surface area contributed by atoms with E-state index in [1.165, 1.54) is 12.1 Å². The summed E-state index contributed by atoms with van der Waals surface area (Å²) in [4.78, 5) is 9.03. The molecule has 4 nitrogen and oxygen atoms in total. The number of nitrogens with two attached hydrogens (primary N) is 1. The molecule has 0 aliphatic rings. The van der Waals surface area contributed by atoms with E-state index in [2.05, 4.69) is 15.3 Å². The van der Waals surface area contributed by atoms with Crippen molar-refractivity contribution in [3.8, 4) is 11.3 Å². The first-order valence-electron chi connectivity index (χ1n) is 8.96. The lowest BCUT2D eigenvalue weighted by molar-refractivity contribution is 0.626. The number of halogens is 2. The molecule has 3 aromatic rings. The maximum Gasteiger partial charge on any atom is 0.126 e. The van der Waals surface area contributed by atoms with Gasteiger partial charge in [-0.15, -0.1) is 0 Å². The Bertz CT molecular complexity index is 901. The molecule has 0 saturated heterocycles. The average molecular weight is 385 g/mol. The van der Waals surface area contributed by atoms with Crippen LogP contribution in [0.2, 0.25) is 5.02 Å². The van der Waals surface area contributed by atoms with E-state index >= 15 is 0 Å². The summed E-state index contributed by atoms with van der Waals surface area (Å²) >= 11 is 6.35. The molecule has 0 fully saturated rings. The Kier molecular flexibility index (Phi) is 6.74. The summed E-state index contributed by atoms with van der Waals surface area (Å²) in [5.74, 6) is 0.455. The van der Waals surface area contributed by atoms with Crippen LogP contribution < -0.4 is 11.1 Å². The smallest absolute Gasteiger partial charge is 0.126 e. The maximum absolute atomic E-state index is 13.3. The molecule has 0 amide bonds. The van der Waals surface area contributed by atoms with Crippen molar-refractivity contribution in [2.24, 2.45) is 5.73 Å². The molecular weight excluding hydrogens is 363 g/mol. The van der Waals surface area contributed by atoms with E-state index in [1.807, 2.05) is 30.3 Å². The number of unbranched alkanes of at least 4 members (excludes halogenated alkanes) is 1. The van der Waals surface area contributed by atoms with Gasteiger partial charge in [0.2, 0.25) is 0 Å². The summed E-state index contributed by atoms with van der Waals surface area (Å²) in [6.07, 6.45) is 4.49. The Hall–Kier alpha value is -2.50. The Morgan fingerprint density at radius 2 is 1.93 bits per heavy atom. The van der Waals surface area contributed by atoms with Gasteiger partial charge in [0.1, 0.15) is 11.6 Å². The number of rotatable bonds is 8. The normalized spacial score (nSPS) is 10.8. The lowest BCUT2D eigenvalue weighted by Gasteiger charge is -2.10. The third-order valence-corrected chi connectivity index (χ3v) is 4.49. The molecule has 0 saturated carbocycles. The van der Waals surface area contributed by atoms with Gasteiger partial charge in [0.25, 0.3) is 0 Å². The number of hydrogen-bond acceptors (Lipinski definition) is 4. The molecule has 140 valence electrons. The zero-order valence-corrected chi connectivity index (χ0v) is 15.7. The predicted octanol–water partition coefficient (Wildman–Crippen LogP) is 4.83. The molecule has 0 unspecified atom stereocenters. The Labute approximate surface area is 163 Å². The molecule has 3 rings (SSSR count). The number of pyridine rings is 2. The molecule has 0 atom stereocenters. The Morgan fingerprint density at radius 1 is 1.07 bits per heavy atom. The minimum Gasteiger partial charge on any atom is -0.366 e. The van der Waals surface area contributed by atoms with Crippen molar-refractivity contribution >= 4 is 17.4 Å². The molecule has 2 aromatic heterocycles. The van der Waals surface area contributed by atoms with E-state index in [0.29, 0.717) is 23.9 Å². The number of hydrogen-bond donors (Lipinski definition) is 2. The fourth-order valence-corrected chi connectivity index (χ4v) is 2.99. The second-order valence-electron chi connectivity index (χ2n) is 6.29. The molecule has 0 bridgehead atoms. The van der Waals surface area contributed by atoms with E-state index in [-0.39, 0.29) is 5.82 Å². The summed E-state index contributed by atoms with van der Waals surface area (Å²) in [6, 6.07) is 14.2. The second kappa shape index (κ2) is 9.44. The van der Waals surface area contributed by atoms with Gasteiger partial charge < -0.3 is 11.1 Å². The highest BCUT2D eigenvalue weighted by atomic mass is 35.5. The van der Waals surface area contributed by atoms with Crippen LogP contribution in [0.4, 0.5) is 10.2 Å². The highest BCUT2D eigenvalue weighted by molar-refractivity contribution is 6.33. The van der Waals surface area contributed by atoms with Gasteiger partial charge >= 0.3 is 0 Å². The molecule has 27 heavy (non-hydrogen) atoms. The first-order valence-corrected chi connectivity index (χ1v) is 9.34. The monoisotopic (exact) mass is 384 g/mol. The molecule has 0 aliphatic carbocycles. The van der Waals surface area contributed by atoms with Gasteiger partial charge in [-0.1, -0.05) is 29.8 Å². The second-order valence-corrected chi connectivity index (χ2v) is 6.70. The summed E-state index contributed by atoms with van der Waals surface area (Å²) in [5, 5.41) is 3.79. The van der Waals surface area contributed by atoms with Crippen LogP contribution in [-0.4, -0.2) is 16.5 Å². The quantitative estimate of drug-likeness (QED) is 0.546. The first kappa shape index (κ1) is 19.3. The van der Waals surface area contributed by atoms with Crippen molar-refractivity contribution in [1.29, 1.82) is 0 Å². The fourth-order valence-electron chi connectivity index (χ4n) is 2.79. The minimum atomic E-state index is -0.248. The Morgan fingerprint density at radius 3 is 2.74 bits per heavy atom. The van der Waals surface area contributed by atoms with E-state index < -0.39 is 0 Å². The van der Waals surface area contributed by atoms with Crippen LogP contribution >= 0.6 is 11.6 Å². The Balaban J connectivity index is 1.75. The summed E-state index contributed by atoms with van der Waals surface area (Å²) in [6.45, 7) is 1.17. The third-order valence-electron chi connectivity index (χ3n) is 4.19. The van der Waals surface area contributed by atoms with Gasteiger partial charge in [0, 0.05) is 24.0 Å². The zero-order valence-electron chi connectivity index (χ0n) is 15.0. The molecule has 0 radical (unpaired) electrons. The number of nitrogens with one attached hydrogen (secondary N) is 1. The van der Waals surface area contributed by atoms with Crippen LogP contribution in [0.5, 0.6) is 0 Å². The van der Waals surface area contributed by atoms with Crippen LogP contribution in [0, 0.1) is 5.82 Å². The van der Waals surface area contributed by atoms with Crippen molar-refractivity contribution in [1.82, 2.24) is 9.97 Å². The van der Waals surface area contributed by atoms with Gasteiger partial charge in [-0.3, -0.25) is 4.98 Å². The van der Waals surface area contributed by atoms with E-state index in [0.717, 1.165) is 41.8 Å². The van der Waals surface area contributed by atoms with E-state index in [9.17, 15) is 4.39 Å². The first-order chi connectivity index (χ1) is 13.2. The topological polar surface area (TPSA) is 63.8 Å². The summed E-state index contributed by atoms with van der Waals surface area (Å²) < 4.78 is 13.3. The van der Waals surface area contributed by atoms with Crippen LogP contribution in [0.25, 0.3) is 11.3 Å². The SMILES string of the molecule is NCCCCc1cc(-c2cccc(NCc3cccc(F)c3)n2)c(Cl)cn1. The molecule has 1 aromatic carbocycles. The average Bonchev–Trinajstić information content (AvgIpc) is 2.68. The number of aromatic nitrogens is 2. The molecule has 6 heteroatoms. The van der Waals surface area contributed by atoms with Gasteiger partial charge in [0.15, 0.2) is 0 Å². The highest BCUT2D eigenvalue weighted by Gasteiger charge is 2.09. The lowest BCUT2D eigenvalue weighted by atomic mass is 10.1. The van der Waals surface area contributed by atoms with Gasteiger partial charge in [-0.25, -0.2) is 9.37 Å². The molecule has 0 spiro atoms. The van der Waals surface area contributed by atoms with Crippen LogP contribution in [-0.2, 0) is 13.0 Å². The van der Waals surface area contributed by atoms with Gasteiger partial charge in [-0.05, 0) is 61.7 Å². The van der Waals surface area contributed by atoms with Crippen molar-refractivity contribution in [2.75, 3.05) is 11.9 Å². The van der Waals surface area contributed by atoms with E-state index in [1.54, 1.807) is 12.3 Å². The standard InChI is InChI=1S/C21H22ClFN4/c22-19-14-25-17(7-1-2-10-24)12-18(19)20-8-4-9-21(27-20)26-13-15-5-3-6-16(23)11-15/h3-6,8-9,11-12,14H,1-2,7,10,13,24H2,(H,26,27). The third kappa shape index (κ3) is 5.49. The van der Waals surface area contributed by atoms with Crippen molar-refractivity contribution in [2.45, 2.75) is 25.8 Å². The number of benzene rings is 1.